The van der Waals surface area contributed by atoms with Crippen molar-refractivity contribution < 1.29 is 40.8 Å². The van der Waals surface area contributed by atoms with Gasteiger partial charge >= 0.3 is 0 Å². The van der Waals surface area contributed by atoms with Gasteiger partial charge in [-0.2, -0.15) is 16.8 Å². The summed E-state index contributed by atoms with van der Waals surface area (Å²) in [7, 11) is -9.73. The van der Waals surface area contributed by atoms with E-state index in [4.69, 9.17) is 0 Å². The first-order valence-corrected chi connectivity index (χ1v) is 11.0. The number of non-ortho nitro benzene ring substituents is 1. The lowest BCUT2D eigenvalue weighted by atomic mass is 10.1. The third-order valence-corrected chi connectivity index (χ3v) is 5.93. The first-order valence-electron chi connectivity index (χ1n) is 8.09. The third-order valence-electron chi connectivity index (χ3n) is 4.19. The van der Waals surface area contributed by atoms with Gasteiger partial charge in [-0.05, 0) is 30.3 Å². The molecule has 0 spiro atoms. The lowest BCUT2D eigenvalue weighted by Crippen LogP contribution is -2.13. The van der Waals surface area contributed by atoms with Gasteiger partial charge in [-0.25, -0.2) is 0 Å². The molecule has 0 radical (unpaired) electrons. The second kappa shape index (κ2) is 7.59. The molecule has 1 amide bonds. The second-order valence-electron chi connectivity index (χ2n) is 6.18. The van der Waals surface area contributed by atoms with Gasteiger partial charge in [-0.1, -0.05) is 0 Å². The number of benzene rings is 3. The minimum atomic E-state index is -4.88. The first kappa shape index (κ1) is 22.1. The highest BCUT2D eigenvalue weighted by atomic mass is 32.2. The molecule has 0 bridgehead atoms. The summed E-state index contributed by atoms with van der Waals surface area (Å²) in [6.45, 7) is 0. The number of phenolic OH excluding ortho intramolecular Hbond substituents is 1. The molecule has 0 saturated carbocycles. The summed E-state index contributed by atoms with van der Waals surface area (Å²) in [5.41, 5.74) is -0.424. The maximum Gasteiger partial charge on any atom is 0.295 e. The Morgan fingerprint density at radius 1 is 0.935 bits per heavy atom. The number of amides is 1. The fourth-order valence-corrected chi connectivity index (χ4v) is 4.02. The van der Waals surface area contributed by atoms with Gasteiger partial charge in [0.1, 0.15) is 10.6 Å². The number of carbonyl (C=O) groups excluding carboxylic acids is 1. The quantitative estimate of drug-likeness (QED) is 0.244. The lowest BCUT2D eigenvalue weighted by molar-refractivity contribution is -0.384. The number of hydrogen-bond acceptors (Lipinski definition) is 8. The van der Waals surface area contributed by atoms with E-state index in [2.05, 4.69) is 5.32 Å². The zero-order valence-corrected chi connectivity index (χ0v) is 16.7. The summed E-state index contributed by atoms with van der Waals surface area (Å²) in [4.78, 5) is 20.9. The van der Waals surface area contributed by atoms with Gasteiger partial charge in [0.2, 0.25) is 0 Å². The molecular formula is C17H12N2O10S2. The van der Waals surface area contributed by atoms with Crippen LogP contribution in [-0.2, 0) is 20.2 Å². The summed E-state index contributed by atoms with van der Waals surface area (Å²) in [5.74, 6) is -1.59. The van der Waals surface area contributed by atoms with Gasteiger partial charge in [0.25, 0.3) is 31.8 Å². The fraction of sp³-hybridized carbons (Fsp3) is 0. The summed E-state index contributed by atoms with van der Waals surface area (Å²) < 4.78 is 64.9. The van der Waals surface area contributed by atoms with E-state index in [9.17, 15) is 46.0 Å². The van der Waals surface area contributed by atoms with Crippen molar-refractivity contribution in [3.8, 4) is 5.75 Å². The average Bonchev–Trinajstić information content (AvgIpc) is 2.66. The largest absolute Gasteiger partial charge is 0.507 e. The number of phenols is 1. The highest BCUT2D eigenvalue weighted by Crippen LogP contribution is 2.38. The maximum atomic E-state index is 12.5. The van der Waals surface area contributed by atoms with Crippen LogP contribution < -0.4 is 5.32 Å². The third kappa shape index (κ3) is 4.46. The topological polar surface area (TPSA) is 201 Å². The van der Waals surface area contributed by atoms with Crippen molar-refractivity contribution in [1.82, 2.24) is 0 Å². The molecule has 0 saturated heterocycles. The molecule has 162 valence electrons. The van der Waals surface area contributed by atoms with Crippen molar-refractivity contribution in [3.63, 3.8) is 0 Å². The molecule has 3 rings (SSSR count). The summed E-state index contributed by atoms with van der Waals surface area (Å²) in [5, 5.41) is 22.5. The van der Waals surface area contributed by atoms with E-state index in [1.165, 1.54) is 12.1 Å². The predicted molar refractivity (Wildman–Crippen MR) is 106 cm³/mol. The molecule has 14 heteroatoms. The number of nitro groups is 1. The van der Waals surface area contributed by atoms with E-state index in [1.54, 1.807) is 0 Å². The Labute approximate surface area is 174 Å². The maximum absolute atomic E-state index is 12.5. The average molecular weight is 468 g/mol. The Morgan fingerprint density at radius 3 is 2.06 bits per heavy atom. The number of rotatable bonds is 5. The summed E-state index contributed by atoms with van der Waals surface area (Å²) in [6.07, 6.45) is 0. The highest BCUT2D eigenvalue weighted by Gasteiger charge is 2.23. The van der Waals surface area contributed by atoms with Crippen LogP contribution in [0.3, 0.4) is 0 Å². The molecule has 3 aromatic carbocycles. The van der Waals surface area contributed by atoms with Crippen molar-refractivity contribution in [2.75, 3.05) is 5.32 Å². The van der Waals surface area contributed by atoms with Crippen LogP contribution in [-0.4, -0.2) is 41.9 Å². The van der Waals surface area contributed by atoms with Gasteiger partial charge in [-0.3, -0.25) is 24.0 Å². The molecule has 3 aromatic rings. The molecule has 0 atom stereocenters. The van der Waals surface area contributed by atoms with Gasteiger partial charge in [0.05, 0.1) is 15.5 Å². The molecule has 0 aromatic heterocycles. The molecule has 0 unspecified atom stereocenters. The summed E-state index contributed by atoms with van der Waals surface area (Å²) >= 11 is 0. The molecule has 0 aliphatic heterocycles. The zero-order valence-electron chi connectivity index (χ0n) is 15.1. The minimum Gasteiger partial charge on any atom is -0.507 e. The van der Waals surface area contributed by atoms with Crippen molar-refractivity contribution in [2.45, 2.75) is 9.79 Å². The Balaban J connectivity index is 2.17. The smallest absolute Gasteiger partial charge is 0.295 e. The van der Waals surface area contributed by atoms with Crippen LogP contribution >= 0.6 is 0 Å². The van der Waals surface area contributed by atoms with E-state index in [0.717, 1.165) is 24.3 Å². The Hall–Kier alpha value is -3.59. The number of fused-ring (bicyclic) bond motifs is 1. The molecular weight excluding hydrogens is 456 g/mol. The van der Waals surface area contributed by atoms with Crippen LogP contribution in [0, 0.1) is 10.1 Å². The van der Waals surface area contributed by atoms with Gasteiger partial charge in [-0.15, -0.1) is 0 Å². The molecule has 0 fully saturated rings. The predicted octanol–water partition coefficient (Wildman–Crippen LogP) is 2.20. The van der Waals surface area contributed by atoms with Crippen molar-refractivity contribution in [3.05, 3.63) is 64.2 Å². The highest BCUT2D eigenvalue weighted by molar-refractivity contribution is 7.86. The van der Waals surface area contributed by atoms with Crippen LogP contribution in [0.2, 0.25) is 0 Å². The van der Waals surface area contributed by atoms with Crippen molar-refractivity contribution in [1.29, 1.82) is 0 Å². The minimum absolute atomic E-state index is 0.00773. The van der Waals surface area contributed by atoms with Gasteiger partial charge in [0.15, 0.2) is 0 Å². The molecule has 0 heterocycles. The zero-order chi connectivity index (χ0) is 23.1. The van der Waals surface area contributed by atoms with Crippen LogP contribution in [0.15, 0.2) is 58.3 Å². The van der Waals surface area contributed by atoms with E-state index in [0.29, 0.717) is 12.1 Å². The lowest BCUT2D eigenvalue weighted by Gasteiger charge is -2.13. The molecule has 0 aliphatic carbocycles. The van der Waals surface area contributed by atoms with E-state index in [1.807, 2.05) is 0 Å². The fourth-order valence-electron chi connectivity index (χ4n) is 2.82. The SMILES string of the molecule is O=C(Nc1ccc(S(=O)(=O)O)c2cc(S(=O)(=O)O)cc(O)c12)c1ccc([N+](=O)[O-])cc1. The van der Waals surface area contributed by atoms with Crippen LogP contribution in [0.25, 0.3) is 10.8 Å². The first-order chi connectivity index (χ1) is 14.3. The number of carbonyl (C=O) groups is 1. The van der Waals surface area contributed by atoms with Crippen molar-refractivity contribution in [2.24, 2.45) is 0 Å². The van der Waals surface area contributed by atoms with Crippen LogP contribution in [0.5, 0.6) is 5.75 Å². The number of nitrogens with one attached hydrogen (secondary N) is 1. The summed E-state index contributed by atoms with van der Waals surface area (Å²) in [6, 6.07) is 7.74. The van der Waals surface area contributed by atoms with Crippen LogP contribution in [0.4, 0.5) is 11.4 Å². The Morgan fingerprint density at radius 2 is 1.55 bits per heavy atom. The van der Waals surface area contributed by atoms with E-state index >= 15 is 0 Å². The molecule has 31 heavy (non-hydrogen) atoms. The second-order valence-corrected chi connectivity index (χ2v) is 9.00. The molecule has 4 N–H and O–H groups in total. The Kier molecular flexibility index (Phi) is 5.41. The monoisotopic (exact) mass is 468 g/mol. The Bertz CT molecular complexity index is 1450. The van der Waals surface area contributed by atoms with Gasteiger partial charge in [0, 0.05) is 34.5 Å². The number of nitro benzene ring substituents is 1. The normalized spacial score (nSPS) is 11.9. The standard InChI is InChI=1S/C17H12N2O10S2/c20-14-8-11(30(24,25)26)7-12-15(31(27,28)29)6-5-13(16(12)14)18-17(21)9-1-3-10(4-2-9)19(22)23/h1-8,20H,(H,18,21)(H,24,25,26)(H,27,28,29). The van der Waals surface area contributed by atoms with Crippen LogP contribution in [0.1, 0.15) is 10.4 Å². The van der Waals surface area contributed by atoms with E-state index < -0.39 is 52.0 Å². The number of anilines is 1. The molecule has 12 nitrogen and oxygen atoms in total. The molecule has 0 aliphatic rings. The number of hydrogen-bond donors (Lipinski definition) is 4. The van der Waals surface area contributed by atoms with E-state index in [-0.39, 0.29) is 22.3 Å². The number of nitrogens with zero attached hydrogens (tertiary/aromatic N) is 1. The van der Waals surface area contributed by atoms with Crippen molar-refractivity contribution >= 4 is 48.3 Å². The van der Waals surface area contributed by atoms with Gasteiger partial charge < -0.3 is 10.4 Å². The number of aromatic hydroxyl groups is 1.